The summed E-state index contributed by atoms with van der Waals surface area (Å²) >= 11 is 0. The number of imidazole rings is 4. The molecule has 39 heteroatoms. The van der Waals surface area contributed by atoms with Crippen LogP contribution in [-0.4, -0.2) is 219 Å². The first-order valence-corrected chi connectivity index (χ1v) is 43.8. The average molecular weight is 1800 g/mol. The van der Waals surface area contributed by atoms with Crippen molar-refractivity contribution in [1.29, 1.82) is 0 Å². The molecular formula is C93H92N26O12S. The van der Waals surface area contributed by atoms with Gasteiger partial charge in [-0.2, -0.15) is 0 Å². The molecule has 0 saturated carbocycles. The molecular weight excluding hydrogens is 1710 g/mol. The van der Waals surface area contributed by atoms with E-state index in [0.717, 1.165) is 68.7 Å². The molecule has 0 spiro atoms. The second-order valence-corrected chi connectivity index (χ2v) is 32.1. The zero-order valence-electron chi connectivity index (χ0n) is 73.1. The number of fused-ring (bicyclic) bond motifs is 4. The van der Waals surface area contributed by atoms with Gasteiger partial charge in [0, 0.05) is 191 Å². The molecule has 38 nitrogen and oxygen atoms in total. The number of anilines is 4. The number of pyridine rings is 8. The van der Waals surface area contributed by atoms with Crippen LogP contribution in [0.3, 0.4) is 0 Å². The van der Waals surface area contributed by atoms with Crippen molar-refractivity contribution in [3.63, 3.8) is 0 Å². The summed E-state index contributed by atoms with van der Waals surface area (Å²) in [7, 11) is 3.69. The van der Waals surface area contributed by atoms with Gasteiger partial charge in [0.25, 0.3) is 23.3 Å². The molecule has 0 unspecified atom stereocenters. The highest BCUT2D eigenvalue weighted by atomic mass is 32.2. The van der Waals surface area contributed by atoms with Gasteiger partial charge in [0.2, 0.25) is 23.8 Å². The number of carbonyl (C=O) groups excluding carboxylic acids is 7. The minimum Gasteiger partial charge on any atom is -0.450 e. The molecule has 16 aromatic rings. The lowest BCUT2D eigenvalue weighted by Crippen LogP contribution is -2.47. The van der Waals surface area contributed by atoms with Crippen LogP contribution in [0.4, 0.5) is 43.0 Å². The number of ether oxygens (including phenoxy) is 2. The summed E-state index contributed by atoms with van der Waals surface area (Å²) in [6.45, 7) is 11.6. The molecule has 12 N–H and O–H groups in total. The van der Waals surface area contributed by atoms with Crippen LogP contribution in [0.25, 0.3) is 134 Å². The number of nitrogens with zero attached hydrogens (tertiary/aromatic N) is 14. The van der Waals surface area contributed by atoms with E-state index < -0.39 is 22.0 Å². The molecule has 0 bridgehead atoms. The Hall–Kier alpha value is -16.8. The fourth-order valence-corrected chi connectivity index (χ4v) is 15.0. The third-order valence-electron chi connectivity index (χ3n) is 20.6. The number of nitrogens with one attached hydrogen (secondary N) is 12. The summed E-state index contributed by atoms with van der Waals surface area (Å²) in [4.78, 5) is 162. The predicted octanol–water partition coefficient (Wildman–Crippen LogP) is 13.1. The number of H-pyrrole nitrogens is 4. The van der Waals surface area contributed by atoms with Gasteiger partial charge in [-0.05, 0) is 189 Å². The van der Waals surface area contributed by atoms with Gasteiger partial charge in [-0.3, -0.25) is 75.3 Å². The van der Waals surface area contributed by atoms with E-state index >= 15 is 0 Å². The van der Waals surface area contributed by atoms with Crippen molar-refractivity contribution in [2.75, 3.05) is 101 Å². The van der Waals surface area contributed by atoms with Gasteiger partial charge in [0.1, 0.15) is 0 Å². The first kappa shape index (κ1) is 91.4. The van der Waals surface area contributed by atoms with Crippen LogP contribution >= 0.6 is 0 Å². The van der Waals surface area contributed by atoms with Crippen LogP contribution < -0.4 is 48.1 Å². The molecule has 0 radical (unpaired) electrons. The lowest BCUT2D eigenvalue weighted by atomic mass is 10.00. The average Bonchev–Trinajstić information content (AvgIpc) is 1.61. The number of aromatic nitrogens is 16. The number of likely N-dealkylation sites (N-methyl/N-ethyl adjacent to an activating group) is 1. The Balaban J connectivity index is 0.000000142. The van der Waals surface area contributed by atoms with Crippen molar-refractivity contribution in [2.45, 2.75) is 33.4 Å². The summed E-state index contributed by atoms with van der Waals surface area (Å²) < 4.78 is 34.9. The third-order valence-corrected chi connectivity index (χ3v) is 21.4. The van der Waals surface area contributed by atoms with Gasteiger partial charge in [-0.1, -0.05) is 18.2 Å². The van der Waals surface area contributed by atoms with E-state index in [1.54, 1.807) is 158 Å². The molecule has 13 heterocycles. The van der Waals surface area contributed by atoms with E-state index in [0.29, 0.717) is 138 Å². The zero-order valence-corrected chi connectivity index (χ0v) is 74.0. The standard InChI is InChI=1S/C27H29N7O4.C22H21N7O2.C22H22N6O3S.C22H20N6O3/c1-4-38-27(37)31-26-29-22-14-19(17-7-8-33(3)23(35)15-17)13-20(24(22)30-26)21-6-5-18(16-28-21)25(36)34-11-9-32(2)10-12-34;1-3-25-22(31)29-21-27-18-11-15(14-5-4-7-24-12-14)9-16(19(18)28-21)17-10-13(6-8-26-17)20(30)23-2;1-3-24-22(29)28-21-26-19-11-16(15-5-4-7-23-12-15)10-17(20(19)27-21)18-9-14(6-8-25-18)13-32(2,30)31;1-3-31-22(30)28-21-26-18-11-15(14-5-4-7-24-12-14)9-16(19(18)27-21)17-10-13(6-8-25-17)20(29)23-2/h5-8,13-16H,4,9-12H2,1-3H3,(H2,29,30,31,37);4-12H,3H2,1-2H3,(H,23,30)(H3,25,27,28,29,31);4-12H,3,13H2,1-2H3,(H3,24,26,27,28,29);4-12H,3H2,1-2H3,(H,23,29)(H2,26,27,28,30). The molecule has 0 atom stereocenters. The number of amides is 9. The Morgan fingerprint density at radius 1 is 0.417 bits per heavy atom. The van der Waals surface area contributed by atoms with E-state index in [1.807, 2.05) is 117 Å². The minimum atomic E-state index is -3.20. The first-order valence-electron chi connectivity index (χ1n) is 41.8. The molecule has 17 rings (SSSR count). The Morgan fingerprint density at radius 3 is 1.19 bits per heavy atom. The van der Waals surface area contributed by atoms with Crippen LogP contribution in [-0.2, 0) is 32.1 Å². The van der Waals surface area contributed by atoms with E-state index in [2.05, 4.69) is 122 Å². The topological polar surface area (TPSA) is 502 Å². The molecule has 4 aromatic carbocycles. The maximum atomic E-state index is 13.0. The normalized spacial score (nSPS) is 11.8. The number of urea groups is 2. The number of hydrogen-bond donors (Lipinski definition) is 12. The van der Waals surface area contributed by atoms with Crippen LogP contribution in [0.15, 0.2) is 219 Å². The lowest BCUT2D eigenvalue weighted by molar-refractivity contribution is 0.0663. The maximum absolute atomic E-state index is 13.0. The highest BCUT2D eigenvalue weighted by Gasteiger charge is 2.25. The van der Waals surface area contributed by atoms with Crippen molar-refractivity contribution in [3.8, 4) is 89.5 Å². The fourth-order valence-electron chi connectivity index (χ4n) is 14.2. The van der Waals surface area contributed by atoms with Gasteiger partial charge >= 0.3 is 24.2 Å². The van der Waals surface area contributed by atoms with Gasteiger partial charge in [0.05, 0.1) is 91.4 Å². The van der Waals surface area contributed by atoms with E-state index in [9.17, 15) is 46.8 Å². The SMILES string of the molecule is CCNC(=O)Nc1nc2c(-c3cc(C(=O)NC)ccn3)cc(-c3cccnc3)cc2[nH]1.CCNC(=O)Nc1nc2c(-c3cc(CS(C)(=O)=O)ccn3)cc(-c3cccnc3)cc2[nH]1.CCOC(=O)Nc1nc2c(-c3cc(C(=O)NC)ccn3)cc(-c3cccnc3)cc2[nH]1.CCOC(=O)Nc1nc2c(-c3ccc(C(=O)N4CCN(C)CC4)cn3)cc(-c3ccn(C)c(=O)c3)cc2[nH]1. The maximum Gasteiger partial charge on any atom is 0.413 e. The zero-order chi connectivity index (χ0) is 93.1. The van der Waals surface area contributed by atoms with Gasteiger partial charge in [-0.15, -0.1) is 0 Å². The van der Waals surface area contributed by atoms with Gasteiger partial charge in [-0.25, -0.2) is 47.5 Å². The molecule has 672 valence electrons. The largest absolute Gasteiger partial charge is 0.450 e. The smallest absolute Gasteiger partial charge is 0.413 e. The van der Waals surface area contributed by atoms with Gasteiger partial charge in [0.15, 0.2) is 9.84 Å². The molecule has 1 aliphatic rings. The Kier molecular flexibility index (Phi) is 28.9. The number of hydrogen-bond acceptors (Lipinski definition) is 24. The quantitative estimate of drug-likeness (QED) is 0.0318. The minimum absolute atomic E-state index is 0.0446. The monoisotopic (exact) mass is 1800 g/mol. The second kappa shape index (κ2) is 41.7. The summed E-state index contributed by atoms with van der Waals surface area (Å²) in [5, 5.41) is 21.1. The molecule has 0 aliphatic carbocycles. The second-order valence-electron chi connectivity index (χ2n) is 29.9. The summed E-state index contributed by atoms with van der Waals surface area (Å²) in [5.41, 5.74) is 19.2. The number of benzene rings is 4. The summed E-state index contributed by atoms with van der Waals surface area (Å²) in [6.07, 6.45) is 18.4. The molecule has 1 aliphatic heterocycles. The van der Waals surface area contributed by atoms with Crippen LogP contribution in [0, 0.1) is 0 Å². The molecule has 1 fully saturated rings. The Labute approximate surface area is 755 Å². The van der Waals surface area contributed by atoms with Crippen molar-refractivity contribution >= 4 is 120 Å². The van der Waals surface area contributed by atoms with Crippen LogP contribution in [0.2, 0.25) is 0 Å². The lowest BCUT2D eigenvalue weighted by Gasteiger charge is -2.32. The number of rotatable bonds is 21. The summed E-state index contributed by atoms with van der Waals surface area (Å²) in [5.74, 6) is 0.535. The van der Waals surface area contributed by atoms with Crippen molar-refractivity contribution in [2.24, 2.45) is 7.05 Å². The van der Waals surface area contributed by atoms with Crippen molar-refractivity contribution < 1.29 is 51.5 Å². The number of piperazine rings is 1. The van der Waals surface area contributed by atoms with E-state index in [1.165, 1.54) is 10.8 Å². The number of aryl methyl sites for hydroxylation is 1. The van der Waals surface area contributed by atoms with E-state index in [4.69, 9.17) is 9.47 Å². The fraction of sp³-hybridized carbons (Fsp3) is 0.194. The molecule has 132 heavy (non-hydrogen) atoms. The number of sulfone groups is 1. The van der Waals surface area contributed by atoms with E-state index in [-0.39, 0.29) is 66.2 Å². The Bertz CT molecular complexity index is 6930. The summed E-state index contributed by atoms with van der Waals surface area (Å²) in [6, 6.07) is 43.1. The van der Waals surface area contributed by atoms with Crippen molar-refractivity contribution in [1.82, 2.24) is 110 Å². The highest BCUT2D eigenvalue weighted by molar-refractivity contribution is 7.89. The number of aromatic amines is 4. The predicted molar refractivity (Wildman–Crippen MR) is 503 cm³/mol. The molecule has 1 saturated heterocycles. The highest BCUT2D eigenvalue weighted by Crippen LogP contribution is 2.39. The third kappa shape index (κ3) is 22.6. The molecule has 12 aromatic heterocycles. The van der Waals surface area contributed by atoms with Gasteiger partial charge < -0.3 is 65.0 Å². The first-order chi connectivity index (χ1) is 63.8. The Morgan fingerprint density at radius 2 is 0.818 bits per heavy atom. The number of carbonyl (C=O) groups is 7. The van der Waals surface area contributed by atoms with Crippen LogP contribution in [0.1, 0.15) is 64.3 Å². The molecule has 9 amide bonds. The van der Waals surface area contributed by atoms with Crippen LogP contribution in [0.5, 0.6) is 0 Å². The van der Waals surface area contributed by atoms with Crippen molar-refractivity contribution in [3.05, 3.63) is 246 Å².